The van der Waals surface area contributed by atoms with Crippen LogP contribution >= 0.6 is 0 Å². The van der Waals surface area contributed by atoms with Crippen LogP contribution in [0.5, 0.6) is 0 Å². The highest BCUT2D eigenvalue weighted by molar-refractivity contribution is 4.65. The van der Waals surface area contributed by atoms with Gasteiger partial charge in [-0.05, 0) is 32.4 Å². The molecule has 0 aromatic carbocycles. The van der Waals surface area contributed by atoms with Gasteiger partial charge in [-0.1, -0.05) is 27.7 Å². The minimum Gasteiger partial charge on any atom is -0.315 e. The third-order valence-corrected chi connectivity index (χ3v) is 2.75. The molecule has 0 amide bonds. The van der Waals surface area contributed by atoms with E-state index in [1.165, 1.54) is 19.5 Å². The van der Waals surface area contributed by atoms with E-state index in [0.717, 1.165) is 25.0 Å². The fraction of sp³-hybridized carbons (Fsp3) is 1.00. The number of rotatable bonds is 8. The number of likely N-dealkylation sites (N-methyl/N-ethyl adjacent to an activating group) is 1. The molecule has 0 rings (SSSR count). The maximum Gasteiger partial charge on any atom is 0.0110 e. The van der Waals surface area contributed by atoms with Gasteiger partial charge in [-0.3, -0.25) is 4.90 Å². The summed E-state index contributed by atoms with van der Waals surface area (Å²) in [5.41, 5.74) is 0. The first kappa shape index (κ1) is 13.9. The van der Waals surface area contributed by atoms with Crippen LogP contribution in [0.3, 0.4) is 0 Å². The lowest BCUT2D eigenvalue weighted by Crippen LogP contribution is -2.38. The second-order valence-electron chi connectivity index (χ2n) is 4.48. The fourth-order valence-electron chi connectivity index (χ4n) is 1.56. The van der Waals surface area contributed by atoms with Crippen LogP contribution in [0.15, 0.2) is 0 Å². The van der Waals surface area contributed by atoms with Gasteiger partial charge in [-0.2, -0.15) is 0 Å². The van der Waals surface area contributed by atoms with E-state index in [1.807, 2.05) is 0 Å². The highest BCUT2D eigenvalue weighted by Gasteiger charge is 2.08. The molecule has 1 atom stereocenters. The lowest BCUT2D eigenvalue weighted by Gasteiger charge is -2.27. The smallest absolute Gasteiger partial charge is 0.0110 e. The Labute approximate surface area is 90.1 Å². The highest BCUT2D eigenvalue weighted by atomic mass is 15.2. The molecule has 0 spiro atoms. The van der Waals surface area contributed by atoms with Gasteiger partial charge < -0.3 is 5.32 Å². The van der Waals surface area contributed by atoms with Crippen molar-refractivity contribution in [3.05, 3.63) is 0 Å². The summed E-state index contributed by atoms with van der Waals surface area (Å²) in [6.45, 7) is 15.9. The van der Waals surface area contributed by atoms with Gasteiger partial charge in [0.2, 0.25) is 0 Å². The van der Waals surface area contributed by atoms with Crippen molar-refractivity contribution in [3.8, 4) is 0 Å². The summed E-state index contributed by atoms with van der Waals surface area (Å²) in [7, 11) is 0. The Bertz CT molecular complexity index is 123. The summed E-state index contributed by atoms with van der Waals surface area (Å²) >= 11 is 0. The third-order valence-electron chi connectivity index (χ3n) is 2.75. The molecule has 0 aliphatic carbocycles. The van der Waals surface area contributed by atoms with Gasteiger partial charge in [0.1, 0.15) is 0 Å². The summed E-state index contributed by atoms with van der Waals surface area (Å²) in [6.07, 6.45) is 1.25. The van der Waals surface area contributed by atoms with E-state index in [2.05, 4.69) is 44.8 Å². The highest BCUT2D eigenvalue weighted by Crippen LogP contribution is 2.01. The molecule has 0 aromatic rings. The first-order chi connectivity index (χ1) is 6.61. The molecule has 0 aliphatic heterocycles. The summed E-state index contributed by atoms with van der Waals surface area (Å²) in [6, 6.07) is 0.723. The van der Waals surface area contributed by atoms with Gasteiger partial charge in [0.05, 0.1) is 0 Å². The Morgan fingerprint density at radius 1 is 1.14 bits per heavy atom. The minimum atomic E-state index is 0.723. The summed E-state index contributed by atoms with van der Waals surface area (Å²) < 4.78 is 0. The minimum absolute atomic E-state index is 0.723. The number of nitrogens with zero attached hydrogens (tertiary/aromatic N) is 1. The van der Waals surface area contributed by atoms with Crippen LogP contribution in [-0.2, 0) is 0 Å². The van der Waals surface area contributed by atoms with Crippen LogP contribution in [0.4, 0.5) is 0 Å². The van der Waals surface area contributed by atoms with Crippen LogP contribution in [-0.4, -0.2) is 37.1 Å². The Hall–Kier alpha value is -0.0800. The Morgan fingerprint density at radius 3 is 2.21 bits per heavy atom. The molecule has 2 heteroatoms. The standard InChI is InChI=1S/C12H28N2/c1-6-12(5)14(7-2)9-8-13-10-11(3)4/h11-13H,6-10H2,1-5H3. The largest absolute Gasteiger partial charge is 0.315 e. The predicted molar refractivity (Wildman–Crippen MR) is 64.7 cm³/mol. The Kier molecular flexibility index (Phi) is 8.20. The van der Waals surface area contributed by atoms with Crippen LogP contribution in [0, 0.1) is 5.92 Å². The van der Waals surface area contributed by atoms with Crippen LogP contribution in [0.2, 0.25) is 0 Å². The zero-order valence-corrected chi connectivity index (χ0v) is 10.6. The first-order valence-corrected chi connectivity index (χ1v) is 6.06. The van der Waals surface area contributed by atoms with Crippen LogP contribution in [0.25, 0.3) is 0 Å². The quantitative estimate of drug-likeness (QED) is 0.605. The van der Waals surface area contributed by atoms with Gasteiger partial charge in [-0.15, -0.1) is 0 Å². The van der Waals surface area contributed by atoms with Crippen molar-refractivity contribution in [1.82, 2.24) is 10.2 Å². The van der Waals surface area contributed by atoms with Gasteiger partial charge >= 0.3 is 0 Å². The molecule has 14 heavy (non-hydrogen) atoms. The predicted octanol–water partition coefficient (Wildman–Crippen LogP) is 2.35. The third kappa shape index (κ3) is 6.39. The topological polar surface area (TPSA) is 15.3 Å². The van der Waals surface area contributed by atoms with E-state index < -0.39 is 0 Å². The fourth-order valence-corrected chi connectivity index (χ4v) is 1.56. The summed E-state index contributed by atoms with van der Waals surface area (Å²) in [5, 5.41) is 3.49. The second kappa shape index (κ2) is 8.25. The van der Waals surface area contributed by atoms with Crippen LogP contribution in [0.1, 0.15) is 41.0 Å². The van der Waals surface area contributed by atoms with Crippen molar-refractivity contribution in [1.29, 1.82) is 0 Å². The van der Waals surface area contributed by atoms with E-state index in [0.29, 0.717) is 0 Å². The van der Waals surface area contributed by atoms with E-state index >= 15 is 0 Å². The Balaban J connectivity index is 3.52. The second-order valence-corrected chi connectivity index (χ2v) is 4.48. The normalized spacial score (nSPS) is 13.9. The molecule has 0 saturated heterocycles. The van der Waals surface area contributed by atoms with E-state index in [-0.39, 0.29) is 0 Å². The molecule has 86 valence electrons. The van der Waals surface area contributed by atoms with Crippen molar-refractivity contribution in [3.63, 3.8) is 0 Å². The molecule has 1 N–H and O–H groups in total. The van der Waals surface area contributed by atoms with Gasteiger partial charge in [0.15, 0.2) is 0 Å². The Morgan fingerprint density at radius 2 is 1.79 bits per heavy atom. The molecule has 0 radical (unpaired) electrons. The molecule has 2 nitrogen and oxygen atoms in total. The average Bonchev–Trinajstić information content (AvgIpc) is 2.16. The zero-order chi connectivity index (χ0) is 11.0. The van der Waals surface area contributed by atoms with Gasteiger partial charge in [0.25, 0.3) is 0 Å². The average molecular weight is 200 g/mol. The van der Waals surface area contributed by atoms with Crippen LogP contribution < -0.4 is 5.32 Å². The lowest BCUT2D eigenvalue weighted by molar-refractivity contribution is 0.214. The molecule has 0 bridgehead atoms. The maximum absolute atomic E-state index is 3.49. The van der Waals surface area contributed by atoms with Crippen molar-refractivity contribution in [2.75, 3.05) is 26.2 Å². The molecule has 0 saturated carbocycles. The molecular formula is C12H28N2. The number of hydrogen-bond donors (Lipinski definition) is 1. The van der Waals surface area contributed by atoms with Crippen molar-refractivity contribution in [2.45, 2.75) is 47.1 Å². The van der Waals surface area contributed by atoms with Crippen molar-refractivity contribution < 1.29 is 0 Å². The van der Waals surface area contributed by atoms with E-state index in [4.69, 9.17) is 0 Å². The number of hydrogen-bond acceptors (Lipinski definition) is 2. The molecule has 1 unspecified atom stereocenters. The summed E-state index contributed by atoms with van der Waals surface area (Å²) in [4.78, 5) is 2.54. The molecule has 0 aromatic heterocycles. The van der Waals surface area contributed by atoms with E-state index in [9.17, 15) is 0 Å². The SMILES string of the molecule is CCC(C)N(CC)CCNCC(C)C. The van der Waals surface area contributed by atoms with E-state index in [1.54, 1.807) is 0 Å². The lowest BCUT2D eigenvalue weighted by atomic mass is 10.2. The van der Waals surface area contributed by atoms with Gasteiger partial charge in [0, 0.05) is 19.1 Å². The molecule has 0 aliphatic rings. The molecule has 0 heterocycles. The maximum atomic E-state index is 3.49. The molecule has 0 fully saturated rings. The number of nitrogens with one attached hydrogen (secondary N) is 1. The summed E-state index contributed by atoms with van der Waals surface area (Å²) in [5.74, 6) is 0.758. The van der Waals surface area contributed by atoms with Crippen molar-refractivity contribution >= 4 is 0 Å². The monoisotopic (exact) mass is 200 g/mol. The molecular weight excluding hydrogens is 172 g/mol. The zero-order valence-electron chi connectivity index (χ0n) is 10.6. The van der Waals surface area contributed by atoms with Gasteiger partial charge in [-0.25, -0.2) is 0 Å². The van der Waals surface area contributed by atoms with Crippen molar-refractivity contribution in [2.24, 2.45) is 5.92 Å². The first-order valence-electron chi connectivity index (χ1n) is 6.06.